The standard InChI is InChI=1S/C15H23FN2O2S.ClH/c1-11-7-13(16)9-14(8-11)21(19,20)18-15(10-17)6-4-3-5-12(15)2;/h7-9,12,18H,3-6,10,17H2,1-2H3;1H. The van der Waals surface area contributed by atoms with Gasteiger partial charge in [0.05, 0.1) is 4.90 Å². The molecule has 22 heavy (non-hydrogen) atoms. The number of nitrogens with two attached hydrogens (primary N) is 1. The number of hydrogen-bond acceptors (Lipinski definition) is 3. The maximum Gasteiger partial charge on any atom is 0.241 e. The van der Waals surface area contributed by atoms with E-state index in [-0.39, 0.29) is 29.8 Å². The highest BCUT2D eigenvalue weighted by atomic mass is 35.5. The molecule has 1 aliphatic rings. The van der Waals surface area contributed by atoms with E-state index in [9.17, 15) is 12.8 Å². The summed E-state index contributed by atoms with van der Waals surface area (Å²) in [6.07, 6.45) is 3.70. The van der Waals surface area contributed by atoms with Crippen LogP contribution in [0.4, 0.5) is 4.39 Å². The van der Waals surface area contributed by atoms with Gasteiger partial charge in [0, 0.05) is 12.1 Å². The van der Waals surface area contributed by atoms with Crippen molar-refractivity contribution in [1.82, 2.24) is 4.72 Å². The Hall–Kier alpha value is -0.690. The third kappa shape index (κ3) is 3.98. The molecule has 0 saturated heterocycles. The van der Waals surface area contributed by atoms with E-state index in [1.807, 2.05) is 6.92 Å². The van der Waals surface area contributed by atoms with Crippen LogP contribution in [-0.4, -0.2) is 20.5 Å². The normalized spacial score (nSPS) is 25.5. The molecule has 1 fully saturated rings. The van der Waals surface area contributed by atoms with Crippen LogP contribution >= 0.6 is 12.4 Å². The fraction of sp³-hybridized carbons (Fsp3) is 0.600. The van der Waals surface area contributed by atoms with Crippen LogP contribution in [0.15, 0.2) is 23.1 Å². The van der Waals surface area contributed by atoms with Crippen molar-refractivity contribution in [2.45, 2.75) is 50.0 Å². The summed E-state index contributed by atoms with van der Waals surface area (Å²) in [5.74, 6) is -0.380. The Kier molecular flexibility index (Phi) is 6.38. The summed E-state index contributed by atoms with van der Waals surface area (Å²) in [6.45, 7) is 3.94. The van der Waals surface area contributed by atoms with Crippen molar-refractivity contribution in [3.63, 3.8) is 0 Å². The molecule has 4 nitrogen and oxygen atoms in total. The molecule has 126 valence electrons. The van der Waals surface area contributed by atoms with E-state index >= 15 is 0 Å². The number of sulfonamides is 1. The smallest absolute Gasteiger partial charge is 0.241 e. The van der Waals surface area contributed by atoms with Gasteiger partial charge in [-0.3, -0.25) is 0 Å². The van der Waals surface area contributed by atoms with Crippen molar-refractivity contribution in [1.29, 1.82) is 0 Å². The fourth-order valence-corrected chi connectivity index (χ4v) is 4.74. The average Bonchev–Trinajstić information content (AvgIpc) is 2.40. The van der Waals surface area contributed by atoms with E-state index < -0.39 is 21.4 Å². The van der Waals surface area contributed by atoms with Gasteiger partial charge < -0.3 is 5.73 Å². The lowest BCUT2D eigenvalue weighted by atomic mass is 9.74. The van der Waals surface area contributed by atoms with Crippen LogP contribution in [0.25, 0.3) is 0 Å². The summed E-state index contributed by atoms with van der Waals surface area (Å²) in [5.41, 5.74) is 5.82. The molecule has 1 aliphatic carbocycles. The van der Waals surface area contributed by atoms with E-state index in [1.165, 1.54) is 12.1 Å². The van der Waals surface area contributed by atoms with Crippen LogP contribution in [0.3, 0.4) is 0 Å². The molecule has 0 spiro atoms. The first kappa shape index (κ1) is 19.4. The van der Waals surface area contributed by atoms with Crippen LogP contribution in [0, 0.1) is 18.7 Å². The molecular weight excluding hydrogens is 327 g/mol. The third-order valence-electron chi connectivity index (χ3n) is 4.48. The van der Waals surface area contributed by atoms with Crippen LogP contribution in [0.5, 0.6) is 0 Å². The SMILES string of the molecule is Cc1cc(F)cc(S(=O)(=O)NC2(CN)CCCCC2C)c1.Cl. The minimum absolute atomic E-state index is 0. The molecule has 3 N–H and O–H groups in total. The van der Waals surface area contributed by atoms with Crippen LogP contribution in [-0.2, 0) is 10.0 Å². The van der Waals surface area contributed by atoms with Crippen LogP contribution in [0.2, 0.25) is 0 Å². The first-order valence-electron chi connectivity index (χ1n) is 7.30. The first-order chi connectivity index (χ1) is 9.79. The molecular formula is C15H24ClFN2O2S. The van der Waals surface area contributed by atoms with Gasteiger partial charge in [0.25, 0.3) is 0 Å². The van der Waals surface area contributed by atoms with E-state index in [0.717, 1.165) is 31.7 Å². The molecule has 2 rings (SSSR count). The van der Waals surface area contributed by atoms with Crippen molar-refractivity contribution in [3.8, 4) is 0 Å². The van der Waals surface area contributed by atoms with E-state index in [0.29, 0.717) is 5.56 Å². The van der Waals surface area contributed by atoms with Gasteiger partial charge in [0.2, 0.25) is 10.0 Å². The summed E-state index contributed by atoms with van der Waals surface area (Å²) in [5, 5.41) is 0. The Morgan fingerprint density at radius 3 is 2.59 bits per heavy atom. The quantitative estimate of drug-likeness (QED) is 0.877. The monoisotopic (exact) mass is 350 g/mol. The Balaban J connectivity index is 0.00000242. The second kappa shape index (κ2) is 7.25. The highest BCUT2D eigenvalue weighted by Gasteiger charge is 2.40. The lowest BCUT2D eigenvalue weighted by Gasteiger charge is -2.42. The molecule has 1 aromatic rings. The predicted octanol–water partition coefficient (Wildman–Crippen LogP) is 2.74. The maximum atomic E-state index is 13.5. The largest absolute Gasteiger partial charge is 0.329 e. The van der Waals surface area contributed by atoms with Gasteiger partial charge in [-0.2, -0.15) is 0 Å². The van der Waals surface area contributed by atoms with Gasteiger partial charge in [-0.15, -0.1) is 12.4 Å². The lowest BCUT2D eigenvalue weighted by Crippen LogP contribution is -2.58. The first-order valence-corrected chi connectivity index (χ1v) is 8.79. The van der Waals surface area contributed by atoms with Crippen molar-refractivity contribution in [2.75, 3.05) is 6.54 Å². The Labute approximate surface area is 138 Å². The number of benzene rings is 1. The Morgan fingerprint density at radius 2 is 2.05 bits per heavy atom. The maximum absolute atomic E-state index is 13.5. The van der Waals surface area contributed by atoms with Gasteiger partial charge in [0.1, 0.15) is 5.82 Å². The van der Waals surface area contributed by atoms with Crippen LogP contribution < -0.4 is 10.5 Å². The molecule has 0 bridgehead atoms. The van der Waals surface area contributed by atoms with E-state index in [1.54, 1.807) is 6.92 Å². The zero-order chi connectivity index (χ0) is 15.7. The lowest BCUT2D eigenvalue weighted by molar-refractivity contribution is 0.191. The highest BCUT2D eigenvalue weighted by molar-refractivity contribution is 7.89. The molecule has 0 aliphatic heterocycles. The molecule has 2 atom stereocenters. The second-order valence-electron chi connectivity index (χ2n) is 6.08. The van der Waals surface area contributed by atoms with E-state index in [2.05, 4.69) is 4.72 Å². The fourth-order valence-electron chi connectivity index (χ4n) is 3.09. The second-order valence-corrected chi connectivity index (χ2v) is 7.76. The molecule has 0 radical (unpaired) electrons. The summed E-state index contributed by atoms with van der Waals surface area (Å²) in [4.78, 5) is -0.0365. The number of aryl methyl sites for hydroxylation is 1. The molecule has 0 aromatic heterocycles. The number of rotatable bonds is 4. The predicted molar refractivity (Wildman–Crippen MR) is 88.1 cm³/mol. The third-order valence-corrected chi connectivity index (χ3v) is 6.01. The zero-order valence-corrected chi connectivity index (χ0v) is 14.6. The zero-order valence-electron chi connectivity index (χ0n) is 12.9. The Morgan fingerprint density at radius 1 is 1.36 bits per heavy atom. The Bertz CT molecular complexity index is 604. The summed E-state index contributed by atoms with van der Waals surface area (Å²) >= 11 is 0. The topological polar surface area (TPSA) is 72.2 Å². The van der Waals surface area contributed by atoms with Crippen molar-refractivity contribution in [2.24, 2.45) is 11.7 Å². The van der Waals surface area contributed by atoms with Gasteiger partial charge in [-0.1, -0.05) is 19.8 Å². The number of halogens is 2. The molecule has 0 amide bonds. The molecule has 7 heteroatoms. The summed E-state index contributed by atoms with van der Waals surface area (Å²) < 4.78 is 41.4. The molecule has 1 saturated carbocycles. The van der Waals surface area contributed by atoms with Gasteiger partial charge in [-0.25, -0.2) is 17.5 Å². The minimum atomic E-state index is -3.78. The van der Waals surface area contributed by atoms with Crippen LogP contribution in [0.1, 0.15) is 38.2 Å². The van der Waals surface area contributed by atoms with Crippen molar-refractivity contribution < 1.29 is 12.8 Å². The summed E-state index contributed by atoms with van der Waals surface area (Å²) in [7, 11) is -3.78. The average molecular weight is 351 g/mol. The molecule has 2 unspecified atom stereocenters. The van der Waals surface area contributed by atoms with Crippen molar-refractivity contribution >= 4 is 22.4 Å². The van der Waals surface area contributed by atoms with Crippen molar-refractivity contribution in [3.05, 3.63) is 29.6 Å². The number of nitrogens with one attached hydrogen (secondary N) is 1. The minimum Gasteiger partial charge on any atom is -0.329 e. The molecule has 1 aromatic carbocycles. The van der Waals surface area contributed by atoms with Gasteiger partial charge in [-0.05, 0) is 49.4 Å². The highest BCUT2D eigenvalue weighted by Crippen LogP contribution is 2.34. The van der Waals surface area contributed by atoms with Gasteiger partial charge >= 0.3 is 0 Å². The van der Waals surface area contributed by atoms with E-state index in [4.69, 9.17) is 5.73 Å². The number of hydrogen-bond donors (Lipinski definition) is 2. The summed E-state index contributed by atoms with van der Waals surface area (Å²) in [6, 6.07) is 3.83. The van der Waals surface area contributed by atoms with Gasteiger partial charge in [0.15, 0.2) is 0 Å². The molecule has 0 heterocycles.